The average molecular weight is 228 g/mol. The number of nitrogens with zero attached hydrogens (tertiary/aromatic N) is 1. The van der Waals surface area contributed by atoms with Crippen LogP contribution in [-0.4, -0.2) is 6.04 Å². The zero-order chi connectivity index (χ0) is 12.3. The predicted octanol–water partition coefficient (Wildman–Crippen LogP) is 3.60. The molecule has 0 aliphatic heterocycles. The molecule has 0 saturated heterocycles. The van der Waals surface area contributed by atoms with Crippen LogP contribution in [0.15, 0.2) is 24.3 Å². The fourth-order valence-electron chi connectivity index (χ4n) is 2.37. The van der Waals surface area contributed by atoms with Crippen LogP contribution in [-0.2, 0) is 6.42 Å². The zero-order valence-electron chi connectivity index (χ0n) is 10.6. The Hall–Kier alpha value is -1.49. The molecule has 0 bridgehead atoms. The highest BCUT2D eigenvalue weighted by atomic mass is 14.9. The van der Waals surface area contributed by atoms with Gasteiger partial charge in [-0.25, -0.2) is 0 Å². The zero-order valence-corrected chi connectivity index (χ0v) is 10.6. The Labute approximate surface area is 104 Å². The molecule has 1 aliphatic carbocycles. The number of nitriles is 1. The Bertz CT molecular complexity index is 394. The second-order valence-corrected chi connectivity index (χ2v) is 5.35. The number of hydrogen-bond acceptors (Lipinski definition) is 2. The first-order chi connectivity index (χ1) is 8.19. The maximum atomic E-state index is 8.60. The van der Waals surface area contributed by atoms with Gasteiger partial charge >= 0.3 is 0 Å². The molecule has 2 heteroatoms. The van der Waals surface area contributed by atoms with E-state index in [0.29, 0.717) is 12.5 Å². The van der Waals surface area contributed by atoms with Crippen molar-refractivity contribution in [1.82, 2.24) is 0 Å². The van der Waals surface area contributed by atoms with E-state index < -0.39 is 0 Å². The van der Waals surface area contributed by atoms with Crippen LogP contribution in [0.1, 0.15) is 32.3 Å². The maximum absolute atomic E-state index is 8.60. The minimum atomic E-state index is 0.499. The first kappa shape index (κ1) is 12.0. The third-order valence-electron chi connectivity index (χ3n) is 3.73. The normalized spacial score (nSPS) is 22.9. The van der Waals surface area contributed by atoms with Gasteiger partial charge in [0.05, 0.1) is 12.5 Å². The largest absolute Gasteiger partial charge is 0.382 e. The van der Waals surface area contributed by atoms with Crippen molar-refractivity contribution in [3.63, 3.8) is 0 Å². The van der Waals surface area contributed by atoms with Gasteiger partial charge in [0.15, 0.2) is 0 Å². The summed E-state index contributed by atoms with van der Waals surface area (Å²) >= 11 is 0. The molecule has 0 aromatic heterocycles. The van der Waals surface area contributed by atoms with Gasteiger partial charge in [-0.2, -0.15) is 5.26 Å². The van der Waals surface area contributed by atoms with Crippen molar-refractivity contribution in [2.45, 2.75) is 39.2 Å². The Kier molecular flexibility index (Phi) is 3.68. The summed E-state index contributed by atoms with van der Waals surface area (Å²) < 4.78 is 0. The summed E-state index contributed by atoms with van der Waals surface area (Å²) in [6.45, 7) is 4.61. The van der Waals surface area contributed by atoms with E-state index in [2.05, 4.69) is 37.4 Å². The highest BCUT2D eigenvalue weighted by molar-refractivity contribution is 5.46. The van der Waals surface area contributed by atoms with Crippen molar-refractivity contribution in [3.05, 3.63) is 29.8 Å². The van der Waals surface area contributed by atoms with Gasteiger partial charge in [0.2, 0.25) is 0 Å². The molecule has 0 amide bonds. The van der Waals surface area contributed by atoms with Gasteiger partial charge in [0, 0.05) is 11.7 Å². The third kappa shape index (κ3) is 3.00. The number of anilines is 1. The highest BCUT2D eigenvalue weighted by Gasteiger charge is 2.30. The lowest BCUT2D eigenvalue weighted by molar-refractivity contribution is 0.212. The first-order valence-corrected chi connectivity index (χ1v) is 6.41. The molecule has 0 atom stereocenters. The standard InChI is InChI=1S/C15H20N2/c1-11(2)13-9-15(10-13)17-14-5-3-12(4-6-14)7-8-16/h3-6,11,13,15,17H,7,9-10H2,1-2H3. The monoisotopic (exact) mass is 228 g/mol. The molecule has 90 valence electrons. The van der Waals surface area contributed by atoms with E-state index in [1.807, 2.05) is 12.1 Å². The molecule has 1 aromatic carbocycles. The van der Waals surface area contributed by atoms with Gasteiger partial charge in [0.25, 0.3) is 0 Å². The van der Waals surface area contributed by atoms with Gasteiger partial charge in [-0.1, -0.05) is 26.0 Å². The van der Waals surface area contributed by atoms with Crippen LogP contribution in [0.4, 0.5) is 5.69 Å². The number of nitrogens with one attached hydrogen (secondary N) is 1. The van der Waals surface area contributed by atoms with E-state index in [1.165, 1.54) is 18.5 Å². The second kappa shape index (κ2) is 5.23. The number of rotatable bonds is 4. The van der Waals surface area contributed by atoms with E-state index in [9.17, 15) is 0 Å². The Balaban J connectivity index is 1.83. The summed E-state index contributed by atoms with van der Waals surface area (Å²) in [6.07, 6.45) is 3.08. The van der Waals surface area contributed by atoms with Crippen molar-refractivity contribution in [1.29, 1.82) is 5.26 Å². The topological polar surface area (TPSA) is 35.8 Å². The quantitative estimate of drug-likeness (QED) is 0.854. The molecule has 0 unspecified atom stereocenters. The van der Waals surface area contributed by atoms with E-state index >= 15 is 0 Å². The van der Waals surface area contributed by atoms with Crippen LogP contribution in [0, 0.1) is 23.2 Å². The second-order valence-electron chi connectivity index (χ2n) is 5.35. The van der Waals surface area contributed by atoms with Crippen molar-refractivity contribution in [2.75, 3.05) is 5.32 Å². The Morgan fingerprint density at radius 2 is 1.94 bits per heavy atom. The molecular weight excluding hydrogens is 208 g/mol. The molecule has 1 N–H and O–H groups in total. The van der Waals surface area contributed by atoms with E-state index in [1.54, 1.807) is 0 Å². The van der Waals surface area contributed by atoms with Crippen molar-refractivity contribution >= 4 is 5.69 Å². The SMILES string of the molecule is CC(C)C1CC(Nc2ccc(CC#N)cc2)C1. The lowest BCUT2D eigenvalue weighted by atomic mass is 9.73. The summed E-state index contributed by atoms with van der Waals surface area (Å²) in [5, 5.41) is 12.1. The van der Waals surface area contributed by atoms with E-state index in [4.69, 9.17) is 5.26 Å². The van der Waals surface area contributed by atoms with Gasteiger partial charge < -0.3 is 5.32 Å². The molecule has 1 aliphatic rings. The lowest BCUT2D eigenvalue weighted by Crippen LogP contribution is -2.37. The van der Waals surface area contributed by atoms with Crippen LogP contribution in [0.3, 0.4) is 0 Å². The molecule has 1 saturated carbocycles. The minimum Gasteiger partial charge on any atom is -0.382 e. The molecule has 17 heavy (non-hydrogen) atoms. The Morgan fingerprint density at radius 1 is 1.29 bits per heavy atom. The fraction of sp³-hybridized carbons (Fsp3) is 0.533. The van der Waals surface area contributed by atoms with Crippen molar-refractivity contribution in [3.8, 4) is 6.07 Å². The molecular formula is C15H20N2. The first-order valence-electron chi connectivity index (χ1n) is 6.41. The van der Waals surface area contributed by atoms with Gasteiger partial charge in [-0.05, 0) is 42.4 Å². The molecule has 0 heterocycles. The predicted molar refractivity (Wildman–Crippen MR) is 70.7 cm³/mol. The lowest BCUT2D eigenvalue weighted by Gasteiger charge is -2.39. The molecule has 1 fully saturated rings. The average Bonchev–Trinajstić information content (AvgIpc) is 2.25. The van der Waals surface area contributed by atoms with E-state index in [0.717, 1.165) is 17.4 Å². The highest BCUT2D eigenvalue weighted by Crippen LogP contribution is 2.35. The van der Waals surface area contributed by atoms with Crippen molar-refractivity contribution in [2.24, 2.45) is 11.8 Å². The van der Waals surface area contributed by atoms with Crippen LogP contribution in [0.2, 0.25) is 0 Å². The summed E-state index contributed by atoms with van der Waals surface area (Å²) in [5.41, 5.74) is 2.27. The maximum Gasteiger partial charge on any atom is 0.0669 e. The minimum absolute atomic E-state index is 0.499. The summed E-state index contributed by atoms with van der Waals surface area (Å²) in [7, 11) is 0. The molecule has 0 radical (unpaired) electrons. The number of benzene rings is 1. The van der Waals surface area contributed by atoms with Gasteiger partial charge in [0.1, 0.15) is 0 Å². The van der Waals surface area contributed by atoms with Crippen LogP contribution < -0.4 is 5.32 Å². The number of hydrogen-bond donors (Lipinski definition) is 1. The molecule has 2 nitrogen and oxygen atoms in total. The summed E-state index contributed by atoms with van der Waals surface area (Å²) in [4.78, 5) is 0. The Morgan fingerprint density at radius 3 is 2.47 bits per heavy atom. The van der Waals surface area contributed by atoms with Gasteiger partial charge in [-0.15, -0.1) is 0 Å². The smallest absolute Gasteiger partial charge is 0.0669 e. The van der Waals surface area contributed by atoms with Crippen molar-refractivity contribution < 1.29 is 0 Å². The molecule has 0 spiro atoms. The van der Waals surface area contributed by atoms with Crippen LogP contribution >= 0.6 is 0 Å². The van der Waals surface area contributed by atoms with E-state index in [-0.39, 0.29) is 0 Å². The summed E-state index contributed by atoms with van der Waals surface area (Å²) in [5.74, 6) is 1.71. The fourth-order valence-corrected chi connectivity index (χ4v) is 2.37. The van der Waals surface area contributed by atoms with Gasteiger partial charge in [-0.3, -0.25) is 0 Å². The summed E-state index contributed by atoms with van der Waals surface area (Å²) in [6, 6.07) is 11.0. The molecule has 1 aromatic rings. The van der Waals surface area contributed by atoms with Crippen LogP contribution in [0.5, 0.6) is 0 Å². The van der Waals surface area contributed by atoms with Crippen LogP contribution in [0.25, 0.3) is 0 Å². The molecule has 2 rings (SSSR count). The third-order valence-corrected chi connectivity index (χ3v) is 3.73.